The van der Waals surface area contributed by atoms with Gasteiger partial charge in [-0.2, -0.15) is 0 Å². The van der Waals surface area contributed by atoms with Crippen molar-refractivity contribution in [1.29, 1.82) is 0 Å². The van der Waals surface area contributed by atoms with Gasteiger partial charge in [-0.05, 0) is 42.7 Å². The van der Waals surface area contributed by atoms with Gasteiger partial charge < -0.3 is 4.74 Å². The van der Waals surface area contributed by atoms with Gasteiger partial charge in [0.1, 0.15) is 5.75 Å². The molecule has 1 heterocycles. The predicted molar refractivity (Wildman–Crippen MR) is 70.6 cm³/mol. The highest BCUT2D eigenvalue weighted by molar-refractivity contribution is 5.44. The molecule has 0 spiro atoms. The maximum Gasteiger partial charge on any atom is 0.125 e. The summed E-state index contributed by atoms with van der Waals surface area (Å²) in [6, 6.07) is 6.65. The van der Waals surface area contributed by atoms with E-state index in [2.05, 4.69) is 25.1 Å². The zero-order valence-corrected chi connectivity index (χ0v) is 10.7. The van der Waals surface area contributed by atoms with Crippen molar-refractivity contribution in [3.63, 3.8) is 0 Å². The summed E-state index contributed by atoms with van der Waals surface area (Å²) in [4.78, 5) is 0. The van der Waals surface area contributed by atoms with Gasteiger partial charge in [-0.3, -0.25) is 0 Å². The minimum absolute atomic E-state index is 0.763. The van der Waals surface area contributed by atoms with E-state index in [1.807, 2.05) is 0 Å². The molecule has 1 aliphatic heterocycles. The highest BCUT2D eigenvalue weighted by Crippen LogP contribution is 2.44. The SMILES string of the molecule is Cc1cccc2c1OCC1CCCCCCC21. The minimum atomic E-state index is 0.763. The van der Waals surface area contributed by atoms with Crippen LogP contribution in [-0.2, 0) is 0 Å². The lowest BCUT2D eigenvalue weighted by Crippen LogP contribution is -2.27. The molecular formula is C16H22O. The van der Waals surface area contributed by atoms with Crippen molar-refractivity contribution in [1.82, 2.24) is 0 Å². The molecule has 2 aliphatic rings. The molecule has 1 nitrogen and oxygen atoms in total. The van der Waals surface area contributed by atoms with Crippen molar-refractivity contribution >= 4 is 0 Å². The van der Waals surface area contributed by atoms with Crippen molar-refractivity contribution in [3.8, 4) is 5.75 Å². The highest BCUT2D eigenvalue weighted by Gasteiger charge is 2.31. The summed E-state index contributed by atoms with van der Waals surface area (Å²) in [6.07, 6.45) is 8.36. The second kappa shape index (κ2) is 4.72. The molecule has 92 valence electrons. The fourth-order valence-corrected chi connectivity index (χ4v) is 3.52. The van der Waals surface area contributed by atoms with Crippen LogP contribution in [0.5, 0.6) is 5.75 Å². The first-order valence-corrected chi connectivity index (χ1v) is 7.08. The van der Waals surface area contributed by atoms with E-state index in [0.717, 1.165) is 18.4 Å². The van der Waals surface area contributed by atoms with Crippen molar-refractivity contribution in [2.75, 3.05) is 6.61 Å². The average Bonchev–Trinajstić information content (AvgIpc) is 2.30. The number of fused-ring (bicyclic) bond motifs is 3. The lowest BCUT2D eigenvalue weighted by Gasteiger charge is -2.35. The fraction of sp³-hybridized carbons (Fsp3) is 0.625. The standard InChI is InChI=1S/C16H22O/c1-12-7-6-10-15-14-9-5-3-2-4-8-13(14)11-17-16(12)15/h6-7,10,13-14H,2-5,8-9,11H2,1H3. The van der Waals surface area contributed by atoms with Gasteiger partial charge in [-0.1, -0.05) is 43.9 Å². The summed E-state index contributed by atoms with van der Waals surface area (Å²) in [5, 5.41) is 0. The Bertz CT molecular complexity index is 397. The molecule has 0 bridgehead atoms. The molecule has 0 N–H and O–H groups in total. The van der Waals surface area contributed by atoms with E-state index in [-0.39, 0.29) is 0 Å². The fourth-order valence-electron chi connectivity index (χ4n) is 3.52. The Hall–Kier alpha value is -0.980. The Morgan fingerprint density at radius 3 is 2.76 bits per heavy atom. The van der Waals surface area contributed by atoms with Crippen molar-refractivity contribution in [3.05, 3.63) is 29.3 Å². The Balaban J connectivity index is 1.94. The van der Waals surface area contributed by atoms with Gasteiger partial charge >= 0.3 is 0 Å². The largest absolute Gasteiger partial charge is 0.493 e. The molecule has 0 aromatic heterocycles. The molecule has 0 radical (unpaired) electrons. The van der Waals surface area contributed by atoms with Crippen LogP contribution >= 0.6 is 0 Å². The zero-order valence-electron chi connectivity index (χ0n) is 10.7. The second-order valence-electron chi connectivity index (χ2n) is 5.66. The van der Waals surface area contributed by atoms with Crippen LogP contribution in [0.4, 0.5) is 0 Å². The topological polar surface area (TPSA) is 9.23 Å². The predicted octanol–water partition coefficient (Wildman–Crippen LogP) is 4.44. The van der Waals surface area contributed by atoms with E-state index < -0.39 is 0 Å². The van der Waals surface area contributed by atoms with Gasteiger partial charge in [0.2, 0.25) is 0 Å². The highest BCUT2D eigenvalue weighted by atomic mass is 16.5. The quantitative estimate of drug-likeness (QED) is 0.640. The van der Waals surface area contributed by atoms with Gasteiger partial charge in [0.05, 0.1) is 6.61 Å². The van der Waals surface area contributed by atoms with E-state index in [9.17, 15) is 0 Å². The Morgan fingerprint density at radius 1 is 1.06 bits per heavy atom. The maximum absolute atomic E-state index is 6.02. The van der Waals surface area contributed by atoms with Crippen LogP contribution in [-0.4, -0.2) is 6.61 Å². The minimum Gasteiger partial charge on any atom is -0.493 e. The Morgan fingerprint density at radius 2 is 1.88 bits per heavy atom. The molecule has 1 aromatic carbocycles. The van der Waals surface area contributed by atoms with Crippen LogP contribution < -0.4 is 4.74 Å². The number of benzene rings is 1. The van der Waals surface area contributed by atoms with Gasteiger partial charge in [0, 0.05) is 0 Å². The van der Waals surface area contributed by atoms with Crippen LogP contribution in [0.25, 0.3) is 0 Å². The molecule has 1 fully saturated rings. The van der Waals surface area contributed by atoms with Gasteiger partial charge in [0.25, 0.3) is 0 Å². The number of para-hydroxylation sites is 1. The third-order valence-corrected chi connectivity index (χ3v) is 4.49. The Labute approximate surface area is 104 Å². The van der Waals surface area contributed by atoms with Crippen LogP contribution in [0.3, 0.4) is 0 Å². The van der Waals surface area contributed by atoms with Crippen LogP contribution in [0.15, 0.2) is 18.2 Å². The van der Waals surface area contributed by atoms with Crippen molar-refractivity contribution < 1.29 is 4.74 Å². The first-order chi connectivity index (χ1) is 8.36. The lowest BCUT2D eigenvalue weighted by molar-refractivity contribution is 0.168. The normalized spacial score (nSPS) is 28.3. The third-order valence-electron chi connectivity index (χ3n) is 4.49. The number of rotatable bonds is 0. The van der Waals surface area contributed by atoms with Crippen molar-refractivity contribution in [2.45, 2.75) is 51.4 Å². The lowest BCUT2D eigenvalue weighted by atomic mass is 9.76. The van der Waals surface area contributed by atoms with Gasteiger partial charge in [0.15, 0.2) is 0 Å². The summed E-state index contributed by atoms with van der Waals surface area (Å²) in [5.74, 6) is 2.72. The van der Waals surface area contributed by atoms with E-state index in [1.165, 1.54) is 55.4 Å². The summed E-state index contributed by atoms with van der Waals surface area (Å²) in [5.41, 5.74) is 2.80. The molecule has 1 saturated carbocycles. The van der Waals surface area contributed by atoms with E-state index >= 15 is 0 Å². The monoisotopic (exact) mass is 230 g/mol. The number of hydrogen-bond acceptors (Lipinski definition) is 1. The average molecular weight is 230 g/mol. The summed E-state index contributed by atoms with van der Waals surface area (Å²) in [7, 11) is 0. The first kappa shape index (κ1) is 11.1. The van der Waals surface area contributed by atoms with Crippen molar-refractivity contribution in [2.24, 2.45) is 5.92 Å². The van der Waals surface area contributed by atoms with E-state index in [0.29, 0.717) is 0 Å². The van der Waals surface area contributed by atoms with Gasteiger partial charge in [-0.15, -0.1) is 0 Å². The molecule has 2 atom stereocenters. The third kappa shape index (κ3) is 2.08. The van der Waals surface area contributed by atoms with E-state index in [4.69, 9.17) is 4.74 Å². The van der Waals surface area contributed by atoms with Crippen LogP contribution in [0, 0.1) is 12.8 Å². The molecule has 17 heavy (non-hydrogen) atoms. The van der Waals surface area contributed by atoms with E-state index in [1.54, 1.807) is 0 Å². The Kier molecular flexibility index (Phi) is 3.09. The number of aryl methyl sites for hydroxylation is 1. The summed E-state index contributed by atoms with van der Waals surface area (Å²) >= 11 is 0. The smallest absolute Gasteiger partial charge is 0.125 e. The molecule has 1 heteroatoms. The molecule has 3 rings (SSSR count). The van der Waals surface area contributed by atoms with Crippen LogP contribution in [0.1, 0.15) is 55.6 Å². The maximum atomic E-state index is 6.02. The second-order valence-corrected chi connectivity index (χ2v) is 5.66. The molecule has 0 saturated heterocycles. The number of ether oxygens (including phenoxy) is 1. The zero-order chi connectivity index (χ0) is 11.7. The molecule has 0 amide bonds. The van der Waals surface area contributed by atoms with Gasteiger partial charge in [-0.25, -0.2) is 0 Å². The molecule has 1 aliphatic carbocycles. The first-order valence-electron chi connectivity index (χ1n) is 7.08. The molecule has 1 aromatic rings. The summed E-state index contributed by atoms with van der Waals surface area (Å²) in [6.45, 7) is 3.12. The number of hydrogen-bond donors (Lipinski definition) is 0. The van der Waals surface area contributed by atoms with Crippen LogP contribution in [0.2, 0.25) is 0 Å². The molecular weight excluding hydrogens is 208 g/mol. The summed E-state index contributed by atoms with van der Waals surface area (Å²) < 4.78 is 6.02. The molecule has 2 unspecified atom stereocenters.